The van der Waals surface area contributed by atoms with Gasteiger partial charge in [-0.1, -0.05) is 42.5 Å². The average Bonchev–Trinajstić information content (AvgIpc) is 3.30. The molecule has 1 amide bonds. The van der Waals surface area contributed by atoms with E-state index in [2.05, 4.69) is 10.3 Å². The van der Waals surface area contributed by atoms with E-state index in [9.17, 15) is 4.79 Å². The Balaban J connectivity index is 1.40. The van der Waals surface area contributed by atoms with Crippen LogP contribution in [0.25, 0.3) is 16.2 Å². The summed E-state index contributed by atoms with van der Waals surface area (Å²) in [7, 11) is 0. The smallest absolute Gasteiger partial charge is 0.226 e. The first-order valence-corrected chi connectivity index (χ1v) is 10.1. The van der Waals surface area contributed by atoms with Crippen LogP contribution in [-0.4, -0.2) is 21.9 Å². The van der Waals surface area contributed by atoms with Crippen molar-refractivity contribution >= 4 is 22.2 Å². The van der Waals surface area contributed by atoms with E-state index in [4.69, 9.17) is 4.74 Å². The van der Waals surface area contributed by atoms with Crippen LogP contribution in [0.3, 0.4) is 0 Å². The number of carbonyl (C=O) groups excluding carboxylic acids is 1. The highest BCUT2D eigenvalue weighted by Crippen LogP contribution is 2.23. The fourth-order valence-corrected chi connectivity index (χ4v) is 3.88. The highest BCUT2D eigenvalue weighted by molar-refractivity contribution is 7.15. The lowest BCUT2D eigenvalue weighted by molar-refractivity contribution is -0.120. The highest BCUT2D eigenvalue weighted by atomic mass is 32.1. The van der Waals surface area contributed by atoms with Gasteiger partial charge in [0.2, 0.25) is 5.91 Å². The molecule has 0 spiro atoms. The van der Waals surface area contributed by atoms with E-state index in [0.29, 0.717) is 19.6 Å². The molecule has 1 N–H and O–H groups in total. The first-order chi connectivity index (χ1) is 13.7. The number of benzene rings is 2. The third-order valence-electron chi connectivity index (χ3n) is 4.42. The Morgan fingerprint density at radius 3 is 2.68 bits per heavy atom. The molecule has 6 heteroatoms. The first kappa shape index (κ1) is 18.3. The standard InChI is InChI=1S/C22H21N3O2S/c1-2-27-19-10-8-16(9-11-19)13-23-21(26)12-18-15-28-22-24-20(14-25(18)22)17-6-4-3-5-7-17/h3-11,14-15H,2,12-13H2,1H3,(H,23,26). The molecule has 4 rings (SSSR count). The van der Waals surface area contributed by atoms with E-state index in [1.807, 2.05) is 77.5 Å². The zero-order chi connectivity index (χ0) is 19.3. The molecule has 0 radical (unpaired) electrons. The molecule has 2 aromatic heterocycles. The van der Waals surface area contributed by atoms with Gasteiger partial charge in [-0.05, 0) is 24.6 Å². The summed E-state index contributed by atoms with van der Waals surface area (Å²) in [5.41, 5.74) is 3.98. The van der Waals surface area contributed by atoms with Gasteiger partial charge in [0.25, 0.3) is 0 Å². The average molecular weight is 391 g/mol. The van der Waals surface area contributed by atoms with Gasteiger partial charge < -0.3 is 10.1 Å². The number of hydrogen-bond acceptors (Lipinski definition) is 4. The van der Waals surface area contributed by atoms with Crippen molar-refractivity contribution in [3.63, 3.8) is 0 Å². The Kier molecular flexibility index (Phi) is 5.39. The number of imidazole rings is 1. The van der Waals surface area contributed by atoms with E-state index in [0.717, 1.165) is 33.2 Å². The van der Waals surface area contributed by atoms with E-state index in [1.54, 1.807) is 11.3 Å². The van der Waals surface area contributed by atoms with Crippen LogP contribution in [0.4, 0.5) is 0 Å². The number of hydrogen-bond donors (Lipinski definition) is 1. The number of aromatic nitrogens is 2. The van der Waals surface area contributed by atoms with Crippen LogP contribution in [0.5, 0.6) is 5.75 Å². The van der Waals surface area contributed by atoms with Crippen LogP contribution in [0.1, 0.15) is 18.2 Å². The Morgan fingerprint density at radius 1 is 1.14 bits per heavy atom. The van der Waals surface area contributed by atoms with Crippen molar-refractivity contribution in [3.8, 4) is 17.0 Å². The van der Waals surface area contributed by atoms with Crippen LogP contribution in [0.2, 0.25) is 0 Å². The van der Waals surface area contributed by atoms with E-state index < -0.39 is 0 Å². The van der Waals surface area contributed by atoms with Crippen LogP contribution >= 0.6 is 11.3 Å². The molecule has 0 saturated heterocycles. The molecule has 0 aliphatic carbocycles. The fraction of sp³-hybridized carbons (Fsp3) is 0.182. The maximum absolute atomic E-state index is 12.4. The molecule has 28 heavy (non-hydrogen) atoms. The molecule has 4 aromatic rings. The molecule has 0 bridgehead atoms. The summed E-state index contributed by atoms with van der Waals surface area (Å²) < 4.78 is 7.44. The van der Waals surface area contributed by atoms with Crippen molar-refractivity contribution in [2.45, 2.75) is 19.9 Å². The number of nitrogens with one attached hydrogen (secondary N) is 1. The number of rotatable bonds is 7. The van der Waals surface area contributed by atoms with Gasteiger partial charge in [0, 0.05) is 29.4 Å². The van der Waals surface area contributed by atoms with Crippen molar-refractivity contribution in [2.24, 2.45) is 0 Å². The molecule has 0 unspecified atom stereocenters. The minimum atomic E-state index is -0.0106. The van der Waals surface area contributed by atoms with Crippen molar-refractivity contribution in [2.75, 3.05) is 6.61 Å². The Labute approximate surface area is 167 Å². The van der Waals surface area contributed by atoms with Gasteiger partial charge in [-0.15, -0.1) is 11.3 Å². The highest BCUT2D eigenvalue weighted by Gasteiger charge is 2.12. The first-order valence-electron chi connectivity index (χ1n) is 9.22. The van der Waals surface area contributed by atoms with E-state index in [1.165, 1.54) is 0 Å². The predicted molar refractivity (Wildman–Crippen MR) is 112 cm³/mol. The molecule has 0 aliphatic rings. The minimum Gasteiger partial charge on any atom is -0.494 e. The normalized spacial score (nSPS) is 10.9. The van der Waals surface area contributed by atoms with Gasteiger partial charge in [-0.3, -0.25) is 9.20 Å². The van der Waals surface area contributed by atoms with E-state index >= 15 is 0 Å². The van der Waals surface area contributed by atoms with Gasteiger partial charge in [-0.25, -0.2) is 4.98 Å². The summed E-state index contributed by atoms with van der Waals surface area (Å²) >= 11 is 1.55. The van der Waals surface area contributed by atoms with Crippen LogP contribution in [0.15, 0.2) is 66.2 Å². The van der Waals surface area contributed by atoms with E-state index in [-0.39, 0.29) is 5.91 Å². The van der Waals surface area contributed by atoms with Gasteiger partial charge in [0.15, 0.2) is 4.96 Å². The summed E-state index contributed by atoms with van der Waals surface area (Å²) in [6.07, 6.45) is 2.32. The van der Waals surface area contributed by atoms with Crippen LogP contribution < -0.4 is 10.1 Å². The zero-order valence-electron chi connectivity index (χ0n) is 15.6. The molecule has 5 nitrogen and oxygen atoms in total. The molecule has 0 saturated carbocycles. The van der Waals surface area contributed by atoms with Crippen molar-refractivity contribution in [1.82, 2.24) is 14.7 Å². The number of nitrogens with zero attached hydrogens (tertiary/aromatic N) is 2. The maximum atomic E-state index is 12.4. The third kappa shape index (κ3) is 4.07. The molecule has 0 aliphatic heterocycles. The topological polar surface area (TPSA) is 55.6 Å². The van der Waals surface area contributed by atoms with Crippen LogP contribution in [0, 0.1) is 0 Å². The van der Waals surface area contributed by atoms with Crippen molar-refractivity contribution in [1.29, 1.82) is 0 Å². The minimum absolute atomic E-state index is 0.0106. The zero-order valence-corrected chi connectivity index (χ0v) is 16.4. The second-order valence-electron chi connectivity index (χ2n) is 6.40. The summed E-state index contributed by atoms with van der Waals surface area (Å²) in [5.74, 6) is 0.830. The molecule has 2 aromatic carbocycles. The van der Waals surface area contributed by atoms with Gasteiger partial charge >= 0.3 is 0 Å². The Hall–Kier alpha value is -3.12. The summed E-state index contributed by atoms with van der Waals surface area (Å²) in [5, 5.41) is 4.98. The SMILES string of the molecule is CCOc1ccc(CNC(=O)Cc2csc3nc(-c4ccccc4)cn23)cc1. The molecule has 142 valence electrons. The summed E-state index contributed by atoms with van der Waals surface area (Å²) in [6, 6.07) is 17.8. The monoisotopic (exact) mass is 391 g/mol. The number of carbonyl (C=O) groups is 1. The molecule has 0 atom stereocenters. The van der Waals surface area contributed by atoms with Crippen LogP contribution in [-0.2, 0) is 17.8 Å². The molecule has 2 heterocycles. The second kappa shape index (κ2) is 8.27. The lowest BCUT2D eigenvalue weighted by atomic mass is 10.2. The van der Waals surface area contributed by atoms with Crippen molar-refractivity contribution in [3.05, 3.63) is 77.4 Å². The van der Waals surface area contributed by atoms with Crippen molar-refractivity contribution < 1.29 is 9.53 Å². The molecule has 0 fully saturated rings. The summed E-state index contributed by atoms with van der Waals surface area (Å²) in [4.78, 5) is 18.0. The van der Waals surface area contributed by atoms with Gasteiger partial charge in [0.1, 0.15) is 5.75 Å². The lowest BCUT2D eigenvalue weighted by Gasteiger charge is -2.07. The quantitative estimate of drug-likeness (QED) is 0.510. The maximum Gasteiger partial charge on any atom is 0.226 e. The lowest BCUT2D eigenvalue weighted by Crippen LogP contribution is -2.24. The summed E-state index contributed by atoms with van der Waals surface area (Å²) in [6.45, 7) is 3.10. The second-order valence-corrected chi connectivity index (χ2v) is 7.24. The Morgan fingerprint density at radius 2 is 1.93 bits per heavy atom. The molecular weight excluding hydrogens is 370 g/mol. The number of amides is 1. The third-order valence-corrected chi connectivity index (χ3v) is 5.31. The number of ether oxygens (including phenoxy) is 1. The predicted octanol–water partition coefficient (Wildman–Crippen LogP) is 4.32. The number of thiazole rings is 1. The largest absolute Gasteiger partial charge is 0.494 e. The Bertz CT molecular complexity index is 1070. The number of fused-ring (bicyclic) bond motifs is 1. The van der Waals surface area contributed by atoms with Gasteiger partial charge in [0.05, 0.1) is 18.7 Å². The fourth-order valence-electron chi connectivity index (χ4n) is 3.00. The molecular formula is C22H21N3O2S. The van der Waals surface area contributed by atoms with Gasteiger partial charge in [-0.2, -0.15) is 0 Å².